The average Bonchev–Trinajstić information content (AvgIpc) is 2.87. The molecule has 0 aliphatic heterocycles. The number of esters is 2. The number of hydrogen-bond donors (Lipinski definition) is 2. The highest BCUT2D eigenvalue weighted by Gasteiger charge is 2.31. The summed E-state index contributed by atoms with van der Waals surface area (Å²) in [4.78, 5) is 23.9. The highest BCUT2D eigenvalue weighted by Crippen LogP contribution is 2.35. The van der Waals surface area contributed by atoms with E-state index < -0.39 is 25.2 Å². The number of rotatable bonds is 14. The van der Waals surface area contributed by atoms with Gasteiger partial charge in [-0.2, -0.15) is 0 Å². The second-order valence-electron chi connectivity index (χ2n) is 10.0. The third kappa shape index (κ3) is 9.51. The van der Waals surface area contributed by atoms with Crippen molar-refractivity contribution >= 4 is 11.9 Å². The predicted octanol–water partition coefficient (Wildman–Crippen LogP) is 3.97. The van der Waals surface area contributed by atoms with Gasteiger partial charge in [-0.05, 0) is 69.1 Å². The van der Waals surface area contributed by atoms with E-state index in [1.165, 1.54) is 38.5 Å². The smallest absolute Gasteiger partial charge is 0.335 e. The van der Waals surface area contributed by atoms with Gasteiger partial charge in [0, 0.05) is 12.5 Å². The molecule has 0 heterocycles. The first-order chi connectivity index (χ1) is 16.4. The Morgan fingerprint density at radius 3 is 1.79 bits per heavy atom. The van der Waals surface area contributed by atoms with Crippen LogP contribution in [0.15, 0.2) is 24.3 Å². The number of carbonyl (C=O) groups excluding carboxylic acids is 2. The van der Waals surface area contributed by atoms with Crippen LogP contribution in [0, 0.1) is 23.7 Å². The van der Waals surface area contributed by atoms with Crippen LogP contribution in [-0.4, -0.2) is 61.3 Å². The van der Waals surface area contributed by atoms with Gasteiger partial charge in [-0.15, -0.1) is 0 Å². The van der Waals surface area contributed by atoms with Crippen LogP contribution in [0.5, 0.6) is 0 Å². The number of hydrogen-bond acceptors (Lipinski definition) is 7. The maximum atomic E-state index is 11.9. The highest BCUT2D eigenvalue weighted by molar-refractivity contribution is 5.88. The lowest BCUT2D eigenvalue weighted by molar-refractivity contribution is -0.146. The van der Waals surface area contributed by atoms with Crippen molar-refractivity contribution in [3.8, 4) is 0 Å². The molecule has 34 heavy (non-hydrogen) atoms. The van der Waals surface area contributed by atoms with Crippen molar-refractivity contribution in [2.24, 2.45) is 23.7 Å². The first kappa shape index (κ1) is 28.5. The lowest BCUT2D eigenvalue weighted by atomic mass is 9.76. The van der Waals surface area contributed by atoms with Crippen molar-refractivity contribution in [3.05, 3.63) is 24.3 Å². The Morgan fingerprint density at radius 2 is 1.32 bits per heavy atom. The zero-order chi connectivity index (χ0) is 24.9. The fourth-order valence-corrected chi connectivity index (χ4v) is 5.11. The Labute approximate surface area is 204 Å². The largest absolute Gasteiger partial charge is 0.462 e. The van der Waals surface area contributed by atoms with Crippen LogP contribution in [0.2, 0.25) is 0 Å². The summed E-state index contributed by atoms with van der Waals surface area (Å²) in [6, 6.07) is 0. The van der Waals surface area contributed by atoms with Gasteiger partial charge < -0.3 is 24.4 Å². The summed E-state index contributed by atoms with van der Waals surface area (Å²) in [5.41, 5.74) is -0.0111. The van der Waals surface area contributed by atoms with E-state index in [0.717, 1.165) is 38.2 Å². The first-order valence-corrected chi connectivity index (χ1v) is 12.9. The van der Waals surface area contributed by atoms with Gasteiger partial charge in [0.1, 0.15) is 0 Å². The minimum absolute atomic E-state index is 0.00557. The Kier molecular flexibility index (Phi) is 12.9. The first-order valence-electron chi connectivity index (χ1n) is 12.9. The van der Waals surface area contributed by atoms with E-state index in [0.29, 0.717) is 12.0 Å². The maximum Gasteiger partial charge on any atom is 0.335 e. The van der Waals surface area contributed by atoms with Crippen molar-refractivity contribution in [2.75, 3.05) is 33.0 Å². The summed E-state index contributed by atoms with van der Waals surface area (Å²) in [5.74, 6) is 0.194. The lowest BCUT2D eigenvalue weighted by Gasteiger charge is -2.35. The van der Waals surface area contributed by atoms with Crippen LogP contribution in [0.4, 0.5) is 0 Å². The molecule has 2 saturated carbocycles. The zero-order valence-corrected chi connectivity index (χ0v) is 20.8. The molecule has 7 nitrogen and oxygen atoms in total. The van der Waals surface area contributed by atoms with E-state index in [4.69, 9.17) is 24.4 Å². The molecule has 7 heteroatoms. The molecule has 0 amide bonds. The zero-order valence-electron chi connectivity index (χ0n) is 20.8. The van der Waals surface area contributed by atoms with Crippen LogP contribution >= 0.6 is 0 Å². The number of carbonyl (C=O) groups is 2. The van der Waals surface area contributed by atoms with E-state index in [2.05, 4.69) is 20.1 Å². The Hall–Kier alpha value is -1.70. The fraction of sp³-hybridized carbons (Fsp3) is 0.778. The number of aliphatic hydroxyl groups is 2. The van der Waals surface area contributed by atoms with Crippen LogP contribution in [0.25, 0.3) is 0 Å². The van der Waals surface area contributed by atoms with Crippen LogP contribution < -0.4 is 0 Å². The molecule has 2 N–H and O–H groups in total. The normalized spacial score (nSPS) is 25.1. The minimum atomic E-state index is -0.644. The quantitative estimate of drug-likeness (QED) is 0.286. The highest BCUT2D eigenvalue weighted by atomic mass is 16.5. The summed E-state index contributed by atoms with van der Waals surface area (Å²) >= 11 is 0. The number of ether oxygens (including phenoxy) is 3. The summed E-state index contributed by atoms with van der Waals surface area (Å²) < 4.78 is 16.9. The van der Waals surface area contributed by atoms with E-state index >= 15 is 0 Å². The molecule has 2 aliphatic carbocycles. The molecule has 0 unspecified atom stereocenters. The summed E-state index contributed by atoms with van der Waals surface area (Å²) in [6.45, 7) is 9.30. The van der Waals surface area contributed by atoms with Gasteiger partial charge in [0.05, 0.1) is 43.7 Å². The Morgan fingerprint density at radius 1 is 0.824 bits per heavy atom. The molecule has 0 saturated heterocycles. The van der Waals surface area contributed by atoms with Crippen LogP contribution in [-0.2, 0) is 23.8 Å². The van der Waals surface area contributed by atoms with Gasteiger partial charge in [0.25, 0.3) is 0 Å². The van der Waals surface area contributed by atoms with E-state index in [9.17, 15) is 9.59 Å². The van der Waals surface area contributed by atoms with Crippen LogP contribution in [0.1, 0.15) is 71.1 Å². The molecule has 2 rings (SSSR count). The van der Waals surface area contributed by atoms with E-state index in [1.54, 1.807) is 0 Å². The lowest BCUT2D eigenvalue weighted by Crippen LogP contribution is -2.32. The maximum absolute atomic E-state index is 11.9. The second kappa shape index (κ2) is 15.3. The molecule has 2 aliphatic rings. The third-order valence-corrected chi connectivity index (χ3v) is 7.43. The topological polar surface area (TPSA) is 102 Å². The third-order valence-electron chi connectivity index (χ3n) is 7.43. The molecule has 0 spiro atoms. The monoisotopic (exact) mass is 480 g/mol. The van der Waals surface area contributed by atoms with E-state index in [-0.39, 0.29) is 36.2 Å². The van der Waals surface area contributed by atoms with Gasteiger partial charge in [0.2, 0.25) is 0 Å². The van der Waals surface area contributed by atoms with Crippen molar-refractivity contribution in [1.29, 1.82) is 0 Å². The predicted molar refractivity (Wildman–Crippen MR) is 130 cm³/mol. The standard InChI is InChI=1S/C27H44O7/c1-4-5-21-8-12-25(13-9-21)32-16-22-6-10-23(11-7-22)24(17-33-26(30)19(2)14-28)18-34-27(31)20(3)15-29/h21-25,28-29H,2-18H2,1H3. The van der Waals surface area contributed by atoms with Crippen molar-refractivity contribution in [1.82, 2.24) is 0 Å². The van der Waals surface area contributed by atoms with E-state index in [1.807, 2.05) is 0 Å². The molecule has 0 atom stereocenters. The van der Waals surface area contributed by atoms with Gasteiger partial charge >= 0.3 is 11.9 Å². The Balaban J connectivity index is 1.79. The molecule has 0 radical (unpaired) electrons. The molecule has 0 aromatic rings. The molecule has 2 fully saturated rings. The molecular formula is C27H44O7. The SMILES string of the molecule is C=C(CO)C(=O)OCC(COC(=O)C(=C)CO)C1CCC(COC2CCC(CCC)CC2)CC1. The molecule has 0 aromatic carbocycles. The minimum Gasteiger partial charge on any atom is -0.462 e. The number of aliphatic hydroxyl groups excluding tert-OH is 2. The van der Waals surface area contributed by atoms with Gasteiger partial charge in [-0.25, -0.2) is 9.59 Å². The van der Waals surface area contributed by atoms with Gasteiger partial charge in [-0.3, -0.25) is 0 Å². The van der Waals surface area contributed by atoms with Crippen LogP contribution in [0.3, 0.4) is 0 Å². The van der Waals surface area contributed by atoms with Gasteiger partial charge in [-0.1, -0.05) is 32.9 Å². The van der Waals surface area contributed by atoms with Crippen molar-refractivity contribution in [2.45, 2.75) is 77.2 Å². The van der Waals surface area contributed by atoms with Gasteiger partial charge in [0.15, 0.2) is 0 Å². The molecule has 0 bridgehead atoms. The second-order valence-corrected chi connectivity index (χ2v) is 10.0. The summed E-state index contributed by atoms with van der Waals surface area (Å²) in [5, 5.41) is 18.2. The molecular weight excluding hydrogens is 436 g/mol. The van der Waals surface area contributed by atoms with Crippen molar-refractivity contribution < 1.29 is 34.0 Å². The summed E-state index contributed by atoms with van der Waals surface area (Å²) in [6.07, 6.45) is 11.9. The average molecular weight is 481 g/mol. The van der Waals surface area contributed by atoms with Crippen molar-refractivity contribution in [3.63, 3.8) is 0 Å². The molecule has 194 valence electrons. The fourth-order valence-electron chi connectivity index (χ4n) is 5.11. The Bertz CT molecular complexity index is 626. The summed E-state index contributed by atoms with van der Waals surface area (Å²) in [7, 11) is 0. The molecule has 0 aromatic heterocycles.